The van der Waals surface area contributed by atoms with Crippen LogP contribution in [0.2, 0.25) is 0 Å². The largest absolute Gasteiger partial charge is 0.268 e. The number of nitrogens with zero attached hydrogens (tertiary/aromatic N) is 4. The zero-order valence-corrected chi connectivity index (χ0v) is 16.6. The van der Waals surface area contributed by atoms with E-state index >= 15 is 0 Å². The van der Waals surface area contributed by atoms with Gasteiger partial charge in [0, 0.05) is 10.6 Å². The molecule has 3 aromatic heterocycles. The van der Waals surface area contributed by atoms with Crippen molar-refractivity contribution in [1.29, 1.82) is 0 Å². The van der Waals surface area contributed by atoms with E-state index in [0.29, 0.717) is 5.78 Å². The van der Waals surface area contributed by atoms with Crippen molar-refractivity contribution in [3.8, 4) is 5.69 Å². The predicted molar refractivity (Wildman–Crippen MR) is 112 cm³/mol. The molecule has 0 amide bonds. The molecule has 1 aromatic carbocycles. The second-order valence-corrected chi connectivity index (χ2v) is 8.80. The third-order valence-corrected chi connectivity index (χ3v) is 7.16. The number of hydrogen-bond acceptors (Lipinski definition) is 5. The molecule has 0 saturated carbocycles. The number of rotatable bonds is 4. The van der Waals surface area contributed by atoms with Crippen LogP contribution in [-0.4, -0.2) is 24.9 Å². The topological polar surface area (TPSA) is 52.2 Å². The zero-order valence-electron chi connectivity index (χ0n) is 14.9. The van der Waals surface area contributed by atoms with E-state index in [0.717, 1.165) is 51.6 Å². The minimum absolute atomic E-state index is 0.00780. The van der Waals surface area contributed by atoms with E-state index in [9.17, 15) is 4.79 Å². The SMILES string of the molecule is C=CCSc1nnc2n(-c3ccc(C)cc3)c(=O)c3c4c(sc3n12)CCC4. The number of thiophene rings is 1. The highest BCUT2D eigenvalue weighted by Crippen LogP contribution is 2.37. The summed E-state index contributed by atoms with van der Waals surface area (Å²) in [7, 11) is 0. The Balaban J connectivity index is 1.91. The van der Waals surface area contributed by atoms with Crippen LogP contribution in [0.25, 0.3) is 21.7 Å². The maximum atomic E-state index is 13.5. The Kier molecular flexibility index (Phi) is 3.94. The lowest BCUT2D eigenvalue weighted by molar-refractivity contribution is 0.910. The summed E-state index contributed by atoms with van der Waals surface area (Å²) in [6.45, 7) is 5.84. The number of aromatic nitrogens is 4. The van der Waals surface area contributed by atoms with E-state index in [1.165, 1.54) is 10.4 Å². The van der Waals surface area contributed by atoms with Gasteiger partial charge in [0.25, 0.3) is 5.56 Å². The molecule has 0 saturated heterocycles. The molecule has 4 aromatic rings. The molecule has 0 aliphatic heterocycles. The quantitative estimate of drug-likeness (QED) is 0.385. The highest BCUT2D eigenvalue weighted by Gasteiger charge is 2.26. The summed E-state index contributed by atoms with van der Waals surface area (Å²) in [6, 6.07) is 7.98. The molecule has 0 atom stereocenters. The van der Waals surface area contributed by atoms with E-state index in [2.05, 4.69) is 16.8 Å². The summed E-state index contributed by atoms with van der Waals surface area (Å²) in [4.78, 5) is 15.8. The van der Waals surface area contributed by atoms with E-state index in [4.69, 9.17) is 0 Å². The van der Waals surface area contributed by atoms with Gasteiger partial charge in [-0.3, -0.25) is 4.79 Å². The highest BCUT2D eigenvalue weighted by molar-refractivity contribution is 7.99. The van der Waals surface area contributed by atoms with E-state index < -0.39 is 0 Å². The first-order valence-corrected chi connectivity index (χ1v) is 10.7. The Morgan fingerprint density at radius 3 is 2.85 bits per heavy atom. The maximum absolute atomic E-state index is 13.5. The first-order valence-electron chi connectivity index (χ1n) is 8.94. The molecule has 27 heavy (non-hydrogen) atoms. The lowest BCUT2D eigenvalue weighted by Crippen LogP contribution is -2.21. The zero-order chi connectivity index (χ0) is 18.5. The van der Waals surface area contributed by atoms with Gasteiger partial charge in [-0.15, -0.1) is 28.1 Å². The molecular formula is C20H18N4OS2. The third kappa shape index (κ3) is 2.49. The number of fused-ring (bicyclic) bond motifs is 5. The molecule has 0 bridgehead atoms. The van der Waals surface area contributed by atoms with Crippen molar-refractivity contribution in [3.63, 3.8) is 0 Å². The highest BCUT2D eigenvalue weighted by atomic mass is 32.2. The van der Waals surface area contributed by atoms with Gasteiger partial charge in [0.05, 0.1) is 11.1 Å². The maximum Gasteiger partial charge on any atom is 0.268 e. The average molecular weight is 395 g/mol. The molecule has 5 rings (SSSR count). The molecule has 5 nitrogen and oxygen atoms in total. The predicted octanol–water partition coefficient (Wildman–Crippen LogP) is 4.17. The second kappa shape index (κ2) is 6.35. The van der Waals surface area contributed by atoms with Gasteiger partial charge in [0.15, 0.2) is 5.16 Å². The van der Waals surface area contributed by atoms with Crippen LogP contribution in [0.5, 0.6) is 0 Å². The fraction of sp³-hybridized carbons (Fsp3) is 0.250. The third-order valence-electron chi connectivity index (χ3n) is 4.96. The van der Waals surface area contributed by atoms with Crippen molar-refractivity contribution in [2.24, 2.45) is 0 Å². The average Bonchev–Trinajstić information content (AvgIpc) is 3.35. The van der Waals surface area contributed by atoms with Crippen molar-refractivity contribution in [1.82, 2.24) is 19.2 Å². The monoisotopic (exact) mass is 394 g/mol. The molecule has 0 unspecified atom stereocenters. The molecule has 0 spiro atoms. The summed E-state index contributed by atoms with van der Waals surface area (Å²) < 4.78 is 3.76. The Bertz CT molecular complexity index is 1250. The number of hydrogen-bond donors (Lipinski definition) is 0. The van der Waals surface area contributed by atoms with Gasteiger partial charge < -0.3 is 0 Å². The van der Waals surface area contributed by atoms with Crippen LogP contribution in [-0.2, 0) is 12.8 Å². The fourth-order valence-corrected chi connectivity index (χ4v) is 5.81. The van der Waals surface area contributed by atoms with E-state index in [1.54, 1.807) is 27.7 Å². The number of aryl methyl sites for hydroxylation is 3. The van der Waals surface area contributed by atoms with Crippen LogP contribution in [0.15, 0.2) is 46.9 Å². The van der Waals surface area contributed by atoms with Crippen molar-refractivity contribution in [2.75, 3.05) is 5.75 Å². The summed E-state index contributed by atoms with van der Waals surface area (Å²) in [6.07, 6.45) is 5.01. The lowest BCUT2D eigenvalue weighted by Gasteiger charge is -2.10. The molecular weight excluding hydrogens is 376 g/mol. The minimum Gasteiger partial charge on any atom is -0.268 e. The van der Waals surface area contributed by atoms with Crippen LogP contribution >= 0.6 is 23.1 Å². The molecule has 0 N–H and O–H groups in total. The Morgan fingerprint density at radius 2 is 2.07 bits per heavy atom. The van der Waals surface area contributed by atoms with Gasteiger partial charge in [-0.05, 0) is 43.9 Å². The molecule has 136 valence electrons. The normalized spacial score (nSPS) is 13.5. The van der Waals surface area contributed by atoms with Gasteiger partial charge in [-0.25, -0.2) is 8.97 Å². The molecule has 0 radical (unpaired) electrons. The standard InChI is InChI=1S/C20H18N4OS2/c1-3-11-26-20-22-21-19-23(13-9-7-12(2)8-10-13)17(25)16-14-5-4-6-15(14)27-18(16)24(19)20/h3,7-10H,1,4-6,11H2,2H3. The lowest BCUT2D eigenvalue weighted by atomic mass is 10.2. The fourth-order valence-electron chi connectivity index (χ4n) is 3.71. The van der Waals surface area contributed by atoms with Crippen LogP contribution in [0.3, 0.4) is 0 Å². The second-order valence-electron chi connectivity index (χ2n) is 6.73. The molecule has 1 aliphatic carbocycles. The Labute approximate surface area is 164 Å². The van der Waals surface area contributed by atoms with Crippen LogP contribution < -0.4 is 5.56 Å². The Morgan fingerprint density at radius 1 is 1.26 bits per heavy atom. The summed E-state index contributed by atoms with van der Waals surface area (Å²) >= 11 is 3.31. The van der Waals surface area contributed by atoms with E-state index in [-0.39, 0.29) is 5.56 Å². The Hall–Kier alpha value is -2.38. The van der Waals surface area contributed by atoms with Crippen LogP contribution in [0.4, 0.5) is 0 Å². The van der Waals surface area contributed by atoms with Gasteiger partial charge in [-0.1, -0.05) is 35.5 Å². The van der Waals surface area contributed by atoms with Crippen molar-refractivity contribution >= 4 is 39.1 Å². The molecule has 0 fully saturated rings. The van der Waals surface area contributed by atoms with E-state index in [1.807, 2.05) is 41.7 Å². The number of benzene rings is 1. The van der Waals surface area contributed by atoms with Crippen LogP contribution in [0, 0.1) is 6.92 Å². The smallest absolute Gasteiger partial charge is 0.268 e. The van der Waals surface area contributed by atoms with Crippen LogP contribution in [0.1, 0.15) is 22.4 Å². The first-order chi connectivity index (χ1) is 13.2. The summed E-state index contributed by atoms with van der Waals surface area (Å²) in [5.74, 6) is 1.32. The molecule has 1 aliphatic rings. The van der Waals surface area contributed by atoms with Gasteiger partial charge in [-0.2, -0.15) is 0 Å². The first kappa shape index (κ1) is 16.8. The summed E-state index contributed by atoms with van der Waals surface area (Å²) in [5, 5.41) is 10.4. The van der Waals surface area contributed by atoms with Crippen molar-refractivity contribution in [2.45, 2.75) is 31.3 Å². The van der Waals surface area contributed by atoms with Gasteiger partial charge >= 0.3 is 0 Å². The van der Waals surface area contributed by atoms with Gasteiger partial charge in [0.1, 0.15) is 4.83 Å². The number of thioether (sulfide) groups is 1. The molecule has 7 heteroatoms. The van der Waals surface area contributed by atoms with Gasteiger partial charge in [0.2, 0.25) is 5.78 Å². The van der Waals surface area contributed by atoms with Crippen molar-refractivity contribution < 1.29 is 0 Å². The minimum atomic E-state index is 0.00780. The summed E-state index contributed by atoms with van der Waals surface area (Å²) in [5.41, 5.74) is 3.21. The molecule has 3 heterocycles. The van der Waals surface area contributed by atoms with Crippen molar-refractivity contribution in [3.05, 3.63) is 63.3 Å².